The molecular weight excluding hydrogens is 364 g/mol. The van der Waals surface area contributed by atoms with Crippen molar-refractivity contribution in [2.24, 2.45) is 5.41 Å². The van der Waals surface area contributed by atoms with E-state index in [1.807, 2.05) is 32.1 Å². The summed E-state index contributed by atoms with van der Waals surface area (Å²) in [6, 6.07) is 0. The van der Waals surface area contributed by atoms with E-state index < -0.39 is 5.97 Å². The largest absolute Gasteiger partial charge is 0.428 e. The number of carbonyl (C=O) groups is 2. The standard InChI is InChI=1S/C25H36O4/c1-7-10-23(26)28-18-29-24(27)17-20(3)12-8-11-19(2)14-15-22-21(4)13-9-16-25(22,5)6/h8,11-12,14-15,17H,7,9-10,13,16,18H2,1-6H3/b12-8?,15-14?,19-11?,20-17+. The Kier molecular flexibility index (Phi) is 10.4. The molecule has 0 saturated heterocycles. The lowest BCUT2D eigenvalue weighted by Crippen LogP contribution is -2.19. The zero-order valence-corrected chi connectivity index (χ0v) is 18.8. The monoisotopic (exact) mass is 400 g/mol. The number of allylic oxidation sites excluding steroid dienone is 9. The van der Waals surface area contributed by atoms with Gasteiger partial charge in [0, 0.05) is 12.5 Å². The first-order chi connectivity index (χ1) is 13.7. The fourth-order valence-corrected chi connectivity index (χ4v) is 3.34. The van der Waals surface area contributed by atoms with E-state index in [0.717, 1.165) is 11.1 Å². The zero-order valence-electron chi connectivity index (χ0n) is 18.8. The average Bonchev–Trinajstić information content (AvgIpc) is 2.60. The molecule has 4 nitrogen and oxygen atoms in total. The Hall–Kier alpha value is -2.36. The maximum atomic E-state index is 11.7. The van der Waals surface area contributed by atoms with Gasteiger partial charge in [-0.05, 0) is 63.0 Å². The summed E-state index contributed by atoms with van der Waals surface area (Å²) in [5, 5.41) is 0. The lowest BCUT2D eigenvalue weighted by molar-refractivity contribution is -0.163. The molecule has 0 aliphatic heterocycles. The van der Waals surface area contributed by atoms with E-state index in [4.69, 9.17) is 9.47 Å². The van der Waals surface area contributed by atoms with E-state index in [-0.39, 0.29) is 18.2 Å². The van der Waals surface area contributed by atoms with Gasteiger partial charge in [-0.2, -0.15) is 0 Å². The van der Waals surface area contributed by atoms with Gasteiger partial charge in [-0.25, -0.2) is 4.79 Å². The van der Waals surface area contributed by atoms with E-state index in [9.17, 15) is 9.59 Å². The summed E-state index contributed by atoms with van der Waals surface area (Å²) in [7, 11) is 0. The van der Waals surface area contributed by atoms with Gasteiger partial charge in [0.15, 0.2) is 0 Å². The molecule has 0 bridgehead atoms. The van der Waals surface area contributed by atoms with E-state index in [2.05, 4.69) is 39.8 Å². The fraction of sp³-hybridized carbons (Fsp3) is 0.520. The zero-order chi connectivity index (χ0) is 21.9. The molecule has 0 aromatic rings. The Labute approximate surface area is 176 Å². The Morgan fingerprint density at radius 1 is 1.10 bits per heavy atom. The van der Waals surface area contributed by atoms with Gasteiger partial charge in [-0.1, -0.05) is 62.3 Å². The van der Waals surface area contributed by atoms with Crippen molar-refractivity contribution in [3.05, 3.63) is 58.7 Å². The Morgan fingerprint density at radius 2 is 1.83 bits per heavy atom. The average molecular weight is 401 g/mol. The van der Waals surface area contributed by atoms with Crippen molar-refractivity contribution in [1.82, 2.24) is 0 Å². The van der Waals surface area contributed by atoms with E-state index >= 15 is 0 Å². The quantitative estimate of drug-likeness (QED) is 0.195. The summed E-state index contributed by atoms with van der Waals surface area (Å²) in [5.74, 6) is -0.892. The molecule has 1 rings (SSSR count). The van der Waals surface area contributed by atoms with Crippen LogP contribution >= 0.6 is 0 Å². The van der Waals surface area contributed by atoms with Crippen molar-refractivity contribution in [2.75, 3.05) is 6.79 Å². The molecular formula is C25H36O4. The number of hydrogen-bond acceptors (Lipinski definition) is 4. The van der Waals surface area contributed by atoms with E-state index in [1.165, 1.54) is 36.5 Å². The predicted octanol–water partition coefficient (Wildman–Crippen LogP) is 6.36. The molecule has 1 aliphatic rings. The van der Waals surface area contributed by atoms with Gasteiger partial charge in [-0.3, -0.25) is 4.79 Å². The molecule has 0 saturated carbocycles. The van der Waals surface area contributed by atoms with Crippen LogP contribution in [-0.2, 0) is 19.1 Å². The molecule has 0 heterocycles. The molecule has 0 amide bonds. The number of ether oxygens (including phenoxy) is 2. The molecule has 0 atom stereocenters. The minimum absolute atomic E-state index is 0.236. The predicted molar refractivity (Wildman–Crippen MR) is 118 cm³/mol. The minimum Gasteiger partial charge on any atom is -0.428 e. The third kappa shape index (κ3) is 9.60. The molecule has 0 radical (unpaired) electrons. The molecule has 0 N–H and O–H groups in total. The van der Waals surface area contributed by atoms with Crippen molar-refractivity contribution in [1.29, 1.82) is 0 Å². The second-order valence-electron chi connectivity index (χ2n) is 8.27. The second kappa shape index (κ2) is 12.3. The highest BCUT2D eigenvalue weighted by molar-refractivity contribution is 5.83. The lowest BCUT2D eigenvalue weighted by Gasteiger charge is -2.32. The highest BCUT2D eigenvalue weighted by Crippen LogP contribution is 2.40. The van der Waals surface area contributed by atoms with Crippen LogP contribution in [0.4, 0.5) is 0 Å². The summed E-state index contributed by atoms with van der Waals surface area (Å²) in [6.45, 7) is 12.3. The highest BCUT2D eigenvalue weighted by Gasteiger charge is 2.26. The SMILES string of the molecule is CCCC(=O)OCOC(=O)/C=C(\C)C=CC=C(C)C=CC1=C(C)CCCC1(C)C. The Morgan fingerprint density at radius 3 is 2.48 bits per heavy atom. The van der Waals surface area contributed by atoms with Crippen LogP contribution in [0.1, 0.15) is 73.6 Å². The number of hydrogen-bond donors (Lipinski definition) is 0. The van der Waals surface area contributed by atoms with Crippen LogP contribution in [0.25, 0.3) is 0 Å². The van der Waals surface area contributed by atoms with Gasteiger partial charge in [0.25, 0.3) is 0 Å². The van der Waals surface area contributed by atoms with Gasteiger partial charge in [0.1, 0.15) is 0 Å². The van der Waals surface area contributed by atoms with Gasteiger partial charge in [0.05, 0.1) is 0 Å². The summed E-state index contributed by atoms with van der Waals surface area (Å²) in [6.07, 6.45) is 16.2. The van der Waals surface area contributed by atoms with Gasteiger partial charge >= 0.3 is 11.9 Å². The van der Waals surface area contributed by atoms with E-state index in [0.29, 0.717) is 12.8 Å². The lowest BCUT2D eigenvalue weighted by atomic mass is 9.72. The van der Waals surface area contributed by atoms with Gasteiger partial charge in [-0.15, -0.1) is 0 Å². The van der Waals surface area contributed by atoms with Crippen molar-refractivity contribution >= 4 is 11.9 Å². The third-order valence-electron chi connectivity index (χ3n) is 4.99. The number of rotatable bonds is 9. The summed E-state index contributed by atoms with van der Waals surface area (Å²) >= 11 is 0. The normalized spacial score (nSPS) is 17.9. The van der Waals surface area contributed by atoms with Crippen LogP contribution in [0.15, 0.2) is 58.7 Å². The van der Waals surface area contributed by atoms with Crippen LogP contribution in [0.5, 0.6) is 0 Å². The number of esters is 2. The Balaban J connectivity index is 2.57. The smallest absolute Gasteiger partial charge is 0.333 e. The van der Waals surface area contributed by atoms with Crippen molar-refractivity contribution in [3.63, 3.8) is 0 Å². The van der Waals surface area contributed by atoms with Gasteiger partial charge in [0.2, 0.25) is 6.79 Å². The molecule has 0 fully saturated rings. The molecule has 29 heavy (non-hydrogen) atoms. The van der Waals surface area contributed by atoms with Crippen LogP contribution in [0.2, 0.25) is 0 Å². The number of carbonyl (C=O) groups excluding carboxylic acids is 2. The summed E-state index contributed by atoms with van der Waals surface area (Å²) < 4.78 is 9.66. The highest BCUT2D eigenvalue weighted by atomic mass is 16.7. The first kappa shape index (κ1) is 24.7. The molecule has 0 unspecified atom stereocenters. The minimum atomic E-state index is -0.529. The van der Waals surface area contributed by atoms with Crippen LogP contribution in [-0.4, -0.2) is 18.7 Å². The second-order valence-corrected chi connectivity index (χ2v) is 8.27. The fourth-order valence-electron chi connectivity index (χ4n) is 3.34. The van der Waals surface area contributed by atoms with Gasteiger partial charge < -0.3 is 9.47 Å². The summed E-state index contributed by atoms with van der Waals surface area (Å²) in [5.41, 5.74) is 5.06. The molecule has 1 aliphatic carbocycles. The first-order valence-electron chi connectivity index (χ1n) is 10.4. The molecule has 0 aromatic carbocycles. The first-order valence-corrected chi connectivity index (χ1v) is 10.4. The van der Waals surface area contributed by atoms with Crippen molar-refractivity contribution in [2.45, 2.75) is 73.6 Å². The maximum Gasteiger partial charge on any atom is 0.333 e. The topological polar surface area (TPSA) is 52.6 Å². The van der Waals surface area contributed by atoms with Crippen LogP contribution in [0, 0.1) is 5.41 Å². The maximum absolute atomic E-state index is 11.7. The van der Waals surface area contributed by atoms with Crippen molar-refractivity contribution < 1.29 is 19.1 Å². The molecule has 0 aromatic heterocycles. The molecule has 0 spiro atoms. The molecule has 160 valence electrons. The Bertz CT molecular complexity index is 730. The molecule has 4 heteroatoms. The third-order valence-corrected chi connectivity index (χ3v) is 4.99. The van der Waals surface area contributed by atoms with Crippen molar-refractivity contribution in [3.8, 4) is 0 Å². The summed E-state index contributed by atoms with van der Waals surface area (Å²) in [4.78, 5) is 22.9. The van der Waals surface area contributed by atoms with Crippen LogP contribution < -0.4 is 0 Å². The van der Waals surface area contributed by atoms with E-state index in [1.54, 1.807) is 0 Å². The van der Waals surface area contributed by atoms with Crippen LogP contribution in [0.3, 0.4) is 0 Å².